The molecule has 0 saturated heterocycles. The van der Waals surface area contributed by atoms with Gasteiger partial charge in [0.2, 0.25) is 10.0 Å². The lowest BCUT2D eigenvalue weighted by molar-refractivity contribution is 0.596. The highest BCUT2D eigenvalue weighted by molar-refractivity contribution is 7.92. The van der Waals surface area contributed by atoms with Crippen LogP contribution in [0.2, 0.25) is 5.02 Å². The van der Waals surface area contributed by atoms with Crippen molar-refractivity contribution in [2.75, 3.05) is 10.6 Å². The lowest BCUT2D eigenvalue weighted by atomic mass is 10.1. The number of anilines is 1. The molecule has 3 nitrogen and oxygen atoms in total. The van der Waals surface area contributed by atoms with E-state index in [0.717, 1.165) is 16.7 Å². The number of halogens is 1. The first-order valence-electron chi connectivity index (χ1n) is 6.57. The summed E-state index contributed by atoms with van der Waals surface area (Å²) in [5, 5.41) is 0.565. The number of rotatable bonds is 4. The number of benzene rings is 2. The van der Waals surface area contributed by atoms with E-state index < -0.39 is 10.0 Å². The van der Waals surface area contributed by atoms with E-state index in [2.05, 4.69) is 0 Å². The largest absolute Gasteiger partial charge is 0.266 e. The van der Waals surface area contributed by atoms with Gasteiger partial charge in [-0.05, 0) is 48.7 Å². The summed E-state index contributed by atoms with van der Waals surface area (Å²) in [7, 11) is -3.39. The second-order valence-corrected chi connectivity index (χ2v) is 7.52. The summed E-state index contributed by atoms with van der Waals surface area (Å²) in [5.74, 6) is 0. The molecule has 5 heteroatoms. The topological polar surface area (TPSA) is 37.4 Å². The molecule has 0 fully saturated rings. The van der Waals surface area contributed by atoms with Crippen molar-refractivity contribution >= 4 is 27.3 Å². The van der Waals surface area contributed by atoms with Gasteiger partial charge in [-0.2, -0.15) is 0 Å². The first-order valence-corrected chi connectivity index (χ1v) is 8.79. The number of sulfonamides is 1. The van der Waals surface area contributed by atoms with Crippen LogP contribution < -0.4 is 4.31 Å². The second kappa shape index (κ2) is 6.08. The summed E-state index contributed by atoms with van der Waals surface area (Å²) < 4.78 is 25.7. The third-order valence-corrected chi connectivity index (χ3v) is 4.68. The van der Waals surface area contributed by atoms with Gasteiger partial charge >= 0.3 is 0 Å². The molecule has 0 unspecified atom stereocenters. The zero-order valence-electron chi connectivity index (χ0n) is 12.3. The predicted molar refractivity (Wildman–Crippen MR) is 88.4 cm³/mol. The SMILES string of the molecule is Cc1cc(C)cc(N(Cc2ccccc2Cl)S(C)(=O)=O)c1. The average molecular weight is 324 g/mol. The highest BCUT2D eigenvalue weighted by atomic mass is 35.5. The number of aryl methyl sites for hydroxylation is 2. The molecule has 2 aromatic rings. The molecular weight excluding hydrogens is 306 g/mol. The molecule has 0 saturated carbocycles. The molecule has 0 radical (unpaired) electrons. The summed E-state index contributed by atoms with van der Waals surface area (Å²) in [5.41, 5.74) is 3.49. The second-order valence-electron chi connectivity index (χ2n) is 5.21. The van der Waals surface area contributed by atoms with Crippen molar-refractivity contribution in [1.82, 2.24) is 0 Å². The van der Waals surface area contributed by atoms with Crippen molar-refractivity contribution in [2.45, 2.75) is 20.4 Å². The summed E-state index contributed by atoms with van der Waals surface area (Å²) in [6.45, 7) is 4.13. The minimum atomic E-state index is -3.39. The van der Waals surface area contributed by atoms with Crippen LogP contribution in [0.25, 0.3) is 0 Å². The lowest BCUT2D eigenvalue weighted by Crippen LogP contribution is -2.29. The highest BCUT2D eigenvalue weighted by Crippen LogP contribution is 2.25. The normalized spacial score (nSPS) is 11.4. The molecule has 0 spiro atoms. The van der Waals surface area contributed by atoms with E-state index >= 15 is 0 Å². The summed E-state index contributed by atoms with van der Waals surface area (Å²) >= 11 is 6.15. The van der Waals surface area contributed by atoms with Crippen LogP contribution in [0.5, 0.6) is 0 Å². The van der Waals surface area contributed by atoms with Crippen LogP contribution in [0.4, 0.5) is 5.69 Å². The monoisotopic (exact) mass is 323 g/mol. The Labute approximate surface area is 131 Å². The molecule has 21 heavy (non-hydrogen) atoms. The Balaban J connectivity index is 2.48. The Morgan fingerprint density at radius 3 is 2.14 bits per heavy atom. The summed E-state index contributed by atoms with van der Waals surface area (Å²) in [6, 6.07) is 13.0. The van der Waals surface area contributed by atoms with Gasteiger partial charge in [-0.15, -0.1) is 0 Å². The van der Waals surface area contributed by atoms with Crippen LogP contribution in [0.15, 0.2) is 42.5 Å². The molecule has 0 atom stereocenters. The Hall–Kier alpha value is -1.52. The van der Waals surface area contributed by atoms with Crippen molar-refractivity contribution in [3.8, 4) is 0 Å². The van der Waals surface area contributed by atoms with E-state index in [9.17, 15) is 8.42 Å². The third kappa shape index (κ3) is 3.99. The third-order valence-electron chi connectivity index (χ3n) is 3.17. The van der Waals surface area contributed by atoms with Crippen molar-refractivity contribution < 1.29 is 8.42 Å². The van der Waals surface area contributed by atoms with E-state index in [0.29, 0.717) is 10.7 Å². The zero-order valence-corrected chi connectivity index (χ0v) is 13.9. The fourth-order valence-electron chi connectivity index (χ4n) is 2.28. The van der Waals surface area contributed by atoms with E-state index in [1.807, 2.05) is 50.2 Å². The molecule has 0 heterocycles. The van der Waals surface area contributed by atoms with Crippen LogP contribution >= 0.6 is 11.6 Å². The molecule has 0 aliphatic rings. The summed E-state index contributed by atoms with van der Waals surface area (Å²) in [4.78, 5) is 0. The molecular formula is C16H18ClNO2S. The Morgan fingerprint density at radius 2 is 1.62 bits per heavy atom. The van der Waals surface area contributed by atoms with Crippen molar-refractivity contribution in [3.05, 3.63) is 64.2 Å². The smallest absolute Gasteiger partial charge is 0.232 e. The molecule has 0 bridgehead atoms. The molecule has 2 rings (SSSR count). The van der Waals surface area contributed by atoms with Crippen LogP contribution in [0.3, 0.4) is 0 Å². The minimum Gasteiger partial charge on any atom is -0.266 e. The van der Waals surface area contributed by atoms with Crippen molar-refractivity contribution in [1.29, 1.82) is 0 Å². The van der Waals surface area contributed by atoms with Crippen molar-refractivity contribution in [2.24, 2.45) is 0 Å². The van der Waals surface area contributed by atoms with Gasteiger partial charge in [0.05, 0.1) is 18.5 Å². The van der Waals surface area contributed by atoms with Gasteiger partial charge in [0.25, 0.3) is 0 Å². The first-order chi connectivity index (χ1) is 9.77. The summed E-state index contributed by atoms with van der Waals surface area (Å²) in [6.07, 6.45) is 1.21. The van der Waals surface area contributed by atoms with Crippen LogP contribution in [0, 0.1) is 13.8 Å². The van der Waals surface area contributed by atoms with Crippen LogP contribution in [-0.2, 0) is 16.6 Å². The van der Waals surface area contributed by atoms with Crippen LogP contribution in [0.1, 0.15) is 16.7 Å². The van der Waals surface area contributed by atoms with Gasteiger partial charge in [0, 0.05) is 5.02 Å². The molecule has 0 amide bonds. The maximum Gasteiger partial charge on any atom is 0.232 e. The van der Waals surface area contributed by atoms with Gasteiger partial charge in [-0.25, -0.2) is 8.42 Å². The average Bonchev–Trinajstić information content (AvgIpc) is 2.35. The Kier molecular flexibility index (Phi) is 4.59. The predicted octanol–water partition coefficient (Wildman–Crippen LogP) is 3.92. The minimum absolute atomic E-state index is 0.224. The van der Waals surface area contributed by atoms with E-state index in [4.69, 9.17) is 11.6 Å². The number of hydrogen-bond acceptors (Lipinski definition) is 2. The first kappa shape index (κ1) is 15.9. The lowest BCUT2D eigenvalue weighted by Gasteiger charge is -2.24. The maximum absolute atomic E-state index is 12.2. The molecule has 0 N–H and O–H groups in total. The van der Waals surface area contributed by atoms with Gasteiger partial charge in [-0.3, -0.25) is 4.31 Å². The maximum atomic E-state index is 12.2. The van der Waals surface area contributed by atoms with E-state index in [-0.39, 0.29) is 6.54 Å². The molecule has 0 aliphatic heterocycles. The number of hydrogen-bond donors (Lipinski definition) is 0. The number of nitrogens with zero attached hydrogens (tertiary/aromatic N) is 1. The highest BCUT2D eigenvalue weighted by Gasteiger charge is 2.19. The van der Waals surface area contributed by atoms with E-state index in [1.165, 1.54) is 10.6 Å². The fourth-order valence-corrected chi connectivity index (χ4v) is 3.33. The Morgan fingerprint density at radius 1 is 1.05 bits per heavy atom. The molecule has 112 valence electrons. The molecule has 0 aliphatic carbocycles. The van der Waals surface area contributed by atoms with Gasteiger partial charge in [0.1, 0.15) is 0 Å². The van der Waals surface area contributed by atoms with E-state index in [1.54, 1.807) is 6.07 Å². The standard InChI is InChI=1S/C16H18ClNO2S/c1-12-8-13(2)10-15(9-12)18(21(3,19)20)11-14-6-4-5-7-16(14)17/h4-10H,11H2,1-3H3. The van der Waals surface area contributed by atoms with Gasteiger partial charge < -0.3 is 0 Å². The Bertz CT molecular complexity index is 736. The van der Waals surface area contributed by atoms with Gasteiger partial charge in [0.15, 0.2) is 0 Å². The van der Waals surface area contributed by atoms with Crippen LogP contribution in [-0.4, -0.2) is 14.7 Å². The molecule has 0 aromatic heterocycles. The zero-order chi connectivity index (χ0) is 15.6. The van der Waals surface area contributed by atoms with Crippen molar-refractivity contribution in [3.63, 3.8) is 0 Å². The van der Waals surface area contributed by atoms with Gasteiger partial charge in [-0.1, -0.05) is 35.9 Å². The fraction of sp³-hybridized carbons (Fsp3) is 0.250. The molecule has 2 aromatic carbocycles. The quantitative estimate of drug-likeness (QED) is 0.855.